The number of halogens is 3. The van der Waals surface area contributed by atoms with Gasteiger partial charge in [-0.1, -0.05) is 39.1 Å². The summed E-state index contributed by atoms with van der Waals surface area (Å²) in [6.45, 7) is 5.46. The second kappa shape index (κ2) is 5.58. The van der Waals surface area contributed by atoms with Crippen LogP contribution in [0.15, 0.2) is 18.3 Å². The minimum atomic E-state index is -0.565. The number of hydrogen-bond donors (Lipinski definition) is 0. The molecule has 0 saturated heterocycles. The van der Waals surface area contributed by atoms with E-state index in [2.05, 4.69) is 15.9 Å². The summed E-state index contributed by atoms with van der Waals surface area (Å²) in [6.07, 6.45) is 1.27. The summed E-state index contributed by atoms with van der Waals surface area (Å²) in [7, 11) is 0. The van der Waals surface area contributed by atoms with Gasteiger partial charge < -0.3 is 4.74 Å². The van der Waals surface area contributed by atoms with Crippen LogP contribution in [-0.2, 0) is 10.1 Å². The molecular formula is C14H14BrCl2NO2. The highest BCUT2D eigenvalue weighted by Gasteiger charge is 2.21. The van der Waals surface area contributed by atoms with Crippen molar-refractivity contribution in [2.45, 2.75) is 31.7 Å². The van der Waals surface area contributed by atoms with Gasteiger partial charge in [0.25, 0.3) is 0 Å². The Balaban J connectivity index is 2.62. The Hall–Kier alpha value is -0.710. The second-order valence-electron chi connectivity index (χ2n) is 5.42. The van der Waals surface area contributed by atoms with Crippen molar-refractivity contribution in [1.82, 2.24) is 4.57 Å². The number of rotatable bonds is 1. The van der Waals surface area contributed by atoms with E-state index in [1.54, 1.807) is 18.3 Å². The third kappa shape index (κ3) is 3.13. The molecule has 2 rings (SSSR count). The van der Waals surface area contributed by atoms with Gasteiger partial charge in [0, 0.05) is 21.9 Å². The van der Waals surface area contributed by atoms with Crippen LogP contribution < -0.4 is 0 Å². The SMILES string of the molecule is CC(C)(C)OC(=O)n1cc(CBr)c2c(Cl)cc(Cl)cc21. The van der Waals surface area contributed by atoms with Crippen molar-refractivity contribution in [3.63, 3.8) is 0 Å². The summed E-state index contributed by atoms with van der Waals surface area (Å²) >= 11 is 15.6. The predicted molar refractivity (Wildman–Crippen MR) is 86.2 cm³/mol. The summed E-state index contributed by atoms with van der Waals surface area (Å²) in [5, 5.41) is 2.38. The fourth-order valence-electron chi connectivity index (χ4n) is 1.92. The van der Waals surface area contributed by atoms with Gasteiger partial charge in [-0.2, -0.15) is 0 Å². The van der Waals surface area contributed by atoms with Gasteiger partial charge in [-0.05, 0) is 38.5 Å². The van der Waals surface area contributed by atoms with Gasteiger partial charge in [-0.3, -0.25) is 4.57 Å². The lowest BCUT2D eigenvalue weighted by molar-refractivity contribution is 0.0544. The first-order chi connectivity index (χ1) is 9.23. The molecule has 0 saturated carbocycles. The van der Waals surface area contributed by atoms with Crippen molar-refractivity contribution in [1.29, 1.82) is 0 Å². The third-order valence-corrected chi connectivity index (χ3v) is 3.75. The second-order valence-corrected chi connectivity index (χ2v) is 6.82. The molecule has 1 aromatic carbocycles. The highest BCUT2D eigenvalue weighted by Crippen LogP contribution is 2.33. The van der Waals surface area contributed by atoms with Crippen molar-refractivity contribution < 1.29 is 9.53 Å². The van der Waals surface area contributed by atoms with Gasteiger partial charge in [0.1, 0.15) is 5.60 Å². The average molecular weight is 379 g/mol. The summed E-state index contributed by atoms with van der Waals surface area (Å²) in [6, 6.07) is 3.37. The fourth-order valence-corrected chi connectivity index (χ4v) is 2.95. The van der Waals surface area contributed by atoms with Crippen molar-refractivity contribution in [2.75, 3.05) is 0 Å². The number of carbonyl (C=O) groups is 1. The molecule has 0 aliphatic heterocycles. The topological polar surface area (TPSA) is 31.2 Å². The van der Waals surface area contributed by atoms with Gasteiger partial charge in [0.15, 0.2) is 0 Å². The number of aromatic nitrogens is 1. The maximum atomic E-state index is 12.3. The lowest BCUT2D eigenvalue weighted by atomic mass is 10.2. The number of hydrogen-bond acceptors (Lipinski definition) is 2. The summed E-state index contributed by atoms with van der Waals surface area (Å²) in [5.41, 5.74) is 0.990. The Labute approximate surface area is 135 Å². The highest BCUT2D eigenvalue weighted by atomic mass is 79.9. The van der Waals surface area contributed by atoms with Gasteiger partial charge >= 0.3 is 6.09 Å². The van der Waals surface area contributed by atoms with E-state index < -0.39 is 11.7 Å². The molecule has 1 heterocycles. The Morgan fingerprint density at radius 3 is 2.55 bits per heavy atom. The smallest absolute Gasteiger partial charge is 0.419 e. The van der Waals surface area contributed by atoms with Crippen molar-refractivity contribution >= 4 is 56.1 Å². The van der Waals surface area contributed by atoms with Gasteiger partial charge in [-0.25, -0.2) is 4.79 Å². The normalized spacial score (nSPS) is 11.9. The van der Waals surface area contributed by atoms with Crippen LogP contribution in [0.25, 0.3) is 10.9 Å². The molecule has 0 bridgehead atoms. The molecule has 0 fully saturated rings. The standard InChI is InChI=1S/C14H14BrCl2NO2/c1-14(2,3)20-13(19)18-7-8(6-15)12-10(17)4-9(16)5-11(12)18/h4-5,7H,6H2,1-3H3. The lowest BCUT2D eigenvalue weighted by Gasteiger charge is -2.19. The third-order valence-electron chi connectivity index (χ3n) is 2.63. The van der Waals surface area contributed by atoms with Gasteiger partial charge in [0.2, 0.25) is 0 Å². The van der Waals surface area contributed by atoms with E-state index in [1.807, 2.05) is 20.8 Å². The molecule has 108 valence electrons. The van der Waals surface area contributed by atoms with Crippen molar-refractivity contribution in [3.8, 4) is 0 Å². The Bertz CT molecular complexity index is 674. The Kier molecular flexibility index (Phi) is 4.38. The number of fused-ring (bicyclic) bond motifs is 1. The number of nitrogens with zero attached hydrogens (tertiary/aromatic N) is 1. The summed E-state index contributed by atoms with van der Waals surface area (Å²) < 4.78 is 6.83. The molecule has 0 amide bonds. The van der Waals surface area contributed by atoms with Crippen molar-refractivity contribution in [3.05, 3.63) is 33.9 Å². The monoisotopic (exact) mass is 377 g/mol. The first-order valence-electron chi connectivity index (χ1n) is 6.01. The maximum Gasteiger partial charge on any atom is 0.419 e. The molecule has 0 spiro atoms. The van der Waals surface area contributed by atoms with Crippen LogP contribution in [0.1, 0.15) is 26.3 Å². The zero-order valence-corrected chi connectivity index (χ0v) is 14.4. The quantitative estimate of drug-likeness (QED) is 0.602. The number of carbonyl (C=O) groups excluding carboxylic acids is 1. The average Bonchev–Trinajstić information content (AvgIpc) is 2.65. The first-order valence-corrected chi connectivity index (χ1v) is 7.89. The zero-order chi connectivity index (χ0) is 15.1. The first kappa shape index (κ1) is 15.7. The Morgan fingerprint density at radius 1 is 1.35 bits per heavy atom. The van der Waals surface area contributed by atoms with E-state index in [1.165, 1.54) is 4.57 Å². The van der Waals surface area contributed by atoms with Crippen LogP contribution in [0, 0.1) is 0 Å². The molecule has 0 atom stereocenters. The minimum absolute atomic E-state index is 0.451. The predicted octanol–water partition coefficient (Wildman–Crippen LogP) is 5.63. The largest absolute Gasteiger partial charge is 0.443 e. The van der Waals surface area contributed by atoms with E-state index in [-0.39, 0.29) is 0 Å². The molecule has 2 aromatic rings. The molecule has 0 radical (unpaired) electrons. The number of benzene rings is 1. The van der Waals surface area contributed by atoms with Crippen molar-refractivity contribution in [2.24, 2.45) is 0 Å². The van der Waals surface area contributed by atoms with E-state index in [0.29, 0.717) is 20.9 Å². The molecule has 1 aromatic heterocycles. The van der Waals surface area contributed by atoms with Crippen LogP contribution in [0.4, 0.5) is 4.79 Å². The Morgan fingerprint density at radius 2 is 2.00 bits per heavy atom. The molecule has 0 aliphatic carbocycles. The summed E-state index contributed by atoms with van der Waals surface area (Å²) in [4.78, 5) is 12.3. The van der Waals surface area contributed by atoms with E-state index >= 15 is 0 Å². The van der Waals surface area contributed by atoms with Crippen LogP contribution >= 0.6 is 39.1 Å². The molecule has 0 aliphatic rings. The van der Waals surface area contributed by atoms with E-state index in [4.69, 9.17) is 27.9 Å². The molecule has 6 heteroatoms. The molecular weight excluding hydrogens is 365 g/mol. The molecule has 20 heavy (non-hydrogen) atoms. The van der Waals surface area contributed by atoms with E-state index in [9.17, 15) is 4.79 Å². The fraction of sp³-hybridized carbons (Fsp3) is 0.357. The molecule has 0 unspecified atom stereocenters. The number of ether oxygens (including phenoxy) is 1. The lowest BCUT2D eigenvalue weighted by Crippen LogP contribution is -2.26. The zero-order valence-electron chi connectivity index (χ0n) is 11.3. The minimum Gasteiger partial charge on any atom is -0.443 e. The van der Waals surface area contributed by atoms with Crippen LogP contribution in [-0.4, -0.2) is 16.3 Å². The van der Waals surface area contributed by atoms with Crippen LogP contribution in [0.3, 0.4) is 0 Å². The molecule has 0 N–H and O–H groups in total. The number of alkyl halides is 1. The maximum absolute atomic E-state index is 12.3. The van der Waals surface area contributed by atoms with E-state index in [0.717, 1.165) is 10.9 Å². The van der Waals surface area contributed by atoms with Gasteiger partial charge in [-0.15, -0.1) is 0 Å². The van der Waals surface area contributed by atoms with Gasteiger partial charge in [0.05, 0.1) is 10.5 Å². The van der Waals surface area contributed by atoms with Crippen LogP contribution in [0.5, 0.6) is 0 Å². The van der Waals surface area contributed by atoms with Crippen LogP contribution in [0.2, 0.25) is 10.0 Å². The molecule has 3 nitrogen and oxygen atoms in total. The summed E-state index contributed by atoms with van der Waals surface area (Å²) in [5.74, 6) is 0. The highest BCUT2D eigenvalue weighted by molar-refractivity contribution is 9.08.